The van der Waals surface area contributed by atoms with E-state index in [-0.39, 0.29) is 24.9 Å². The molecular formula is C23H26N3O3S+. The predicted molar refractivity (Wildman–Crippen MR) is 119 cm³/mol. The number of nitrogens with one attached hydrogen (secondary N) is 3. The van der Waals surface area contributed by atoms with Crippen LogP contribution in [0.25, 0.3) is 0 Å². The first-order chi connectivity index (χ1) is 14.6. The Kier molecular flexibility index (Phi) is 8.00. The first kappa shape index (κ1) is 21.5. The number of quaternary nitrogens is 1. The molecule has 0 aliphatic carbocycles. The number of benzene rings is 2. The summed E-state index contributed by atoms with van der Waals surface area (Å²) < 4.78 is 5.89. The van der Waals surface area contributed by atoms with E-state index in [1.54, 1.807) is 17.4 Å². The van der Waals surface area contributed by atoms with Crippen LogP contribution in [0.4, 0.5) is 5.69 Å². The van der Waals surface area contributed by atoms with Gasteiger partial charge in [0.1, 0.15) is 5.75 Å². The number of hydrogen-bond acceptors (Lipinski definition) is 4. The molecule has 0 aliphatic rings. The van der Waals surface area contributed by atoms with Gasteiger partial charge < -0.3 is 20.3 Å². The topological polar surface area (TPSA) is 71.9 Å². The standard InChI is InChI=1S/C23H25N3O3S/c1-2-26(16-22(27)24-15-19-11-8-14-30-19)17-23(28)25-20-12-6-7-13-21(20)29-18-9-4-3-5-10-18/h3-14H,2,15-17H2,1H3,(H,24,27)(H,25,28)/p+1. The predicted octanol–water partition coefficient (Wildman–Crippen LogP) is 2.70. The lowest BCUT2D eigenvalue weighted by atomic mass is 10.2. The van der Waals surface area contributed by atoms with Crippen molar-refractivity contribution in [2.24, 2.45) is 0 Å². The van der Waals surface area contributed by atoms with Crippen molar-refractivity contribution in [3.63, 3.8) is 0 Å². The molecule has 1 aromatic heterocycles. The Balaban J connectivity index is 1.53. The Hall–Kier alpha value is -3.16. The second kappa shape index (κ2) is 11.1. The molecule has 3 rings (SSSR count). The third-order valence-electron chi connectivity index (χ3n) is 4.49. The maximum Gasteiger partial charge on any atom is 0.279 e. The average molecular weight is 425 g/mol. The van der Waals surface area contributed by atoms with Gasteiger partial charge in [0.05, 0.1) is 18.8 Å². The third-order valence-corrected chi connectivity index (χ3v) is 5.37. The van der Waals surface area contributed by atoms with Crippen LogP contribution in [0.3, 0.4) is 0 Å². The Morgan fingerprint density at radius 3 is 2.40 bits per heavy atom. The number of ether oxygens (including phenoxy) is 1. The molecule has 156 valence electrons. The minimum Gasteiger partial charge on any atom is -0.455 e. The smallest absolute Gasteiger partial charge is 0.279 e. The van der Waals surface area contributed by atoms with E-state index in [1.807, 2.05) is 73.0 Å². The van der Waals surface area contributed by atoms with Gasteiger partial charge in [-0.05, 0) is 42.6 Å². The van der Waals surface area contributed by atoms with Gasteiger partial charge in [-0.25, -0.2) is 0 Å². The van der Waals surface area contributed by atoms with Crippen molar-refractivity contribution in [1.82, 2.24) is 5.32 Å². The van der Waals surface area contributed by atoms with Crippen LogP contribution in [0.1, 0.15) is 11.8 Å². The zero-order valence-electron chi connectivity index (χ0n) is 16.9. The molecule has 3 N–H and O–H groups in total. The van der Waals surface area contributed by atoms with Gasteiger partial charge in [0.2, 0.25) is 0 Å². The number of thiophene rings is 1. The van der Waals surface area contributed by atoms with E-state index < -0.39 is 0 Å². The quantitative estimate of drug-likeness (QED) is 0.469. The summed E-state index contributed by atoms with van der Waals surface area (Å²) in [6.07, 6.45) is 0. The van der Waals surface area contributed by atoms with Crippen LogP contribution in [0.5, 0.6) is 11.5 Å². The molecule has 0 saturated carbocycles. The molecule has 30 heavy (non-hydrogen) atoms. The van der Waals surface area contributed by atoms with Gasteiger partial charge >= 0.3 is 0 Å². The van der Waals surface area contributed by atoms with E-state index in [4.69, 9.17) is 4.74 Å². The van der Waals surface area contributed by atoms with Gasteiger partial charge in [-0.1, -0.05) is 36.4 Å². The van der Waals surface area contributed by atoms with Crippen molar-refractivity contribution in [3.05, 3.63) is 77.0 Å². The fourth-order valence-corrected chi connectivity index (χ4v) is 3.54. The third kappa shape index (κ3) is 6.72. The molecule has 1 atom stereocenters. The molecule has 2 aromatic carbocycles. The summed E-state index contributed by atoms with van der Waals surface area (Å²) in [5.41, 5.74) is 0.601. The molecule has 1 unspecified atom stereocenters. The van der Waals surface area contributed by atoms with Crippen molar-refractivity contribution < 1.29 is 19.2 Å². The van der Waals surface area contributed by atoms with Crippen LogP contribution < -0.4 is 20.3 Å². The summed E-state index contributed by atoms with van der Waals surface area (Å²) in [6.45, 7) is 3.59. The van der Waals surface area contributed by atoms with E-state index >= 15 is 0 Å². The van der Waals surface area contributed by atoms with E-state index in [2.05, 4.69) is 10.6 Å². The van der Waals surface area contributed by atoms with Crippen molar-refractivity contribution in [1.29, 1.82) is 0 Å². The van der Waals surface area contributed by atoms with Crippen LogP contribution in [0.15, 0.2) is 72.1 Å². The van der Waals surface area contributed by atoms with Gasteiger partial charge in [0.25, 0.3) is 11.8 Å². The number of hydrogen-bond donors (Lipinski definition) is 3. The summed E-state index contributed by atoms with van der Waals surface area (Å²) in [5, 5.41) is 7.80. The van der Waals surface area contributed by atoms with Crippen LogP contribution in [0, 0.1) is 0 Å². The number of anilines is 1. The number of rotatable bonds is 10. The lowest BCUT2D eigenvalue weighted by Crippen LogP contribution is -3.13. The highest BCUT2D eigenvalue weighted by molar-refractivity contribution is 7.09. The molecule has 0 aliphatic heterocycles. The average Bonchev–Trinajstić information content (AvgIpc) is 3.28. The molecule has 1 heterocycles. The molecule has 0 saturated heterocycles. The molecule has 6 nitrogen and oxygen atoms in total. The maximum atomic E-state index is 12.6. The first-order valence-corrected chi connectivity index (χ1v) is 10.8. The summed E-state index contributed by atoms with van der Waals surface area (Å²) in [5.74, 6) is 1.04. The number of likely N-dealkylation sites (N-methyl/N-ethyl adjacent to an activating group) is 1. The summed E-state index contributed by atoms with van der Waals surface area (Å²) in [6, 6.07) is 20.7. The highest BCUT2D eigenvalue weighted by Crippen LogP contribution is 2.28. The monoisotopic (exact) mass is 424 g/mol. The number of amides is 2. The normalized spacial score (nSPS) is 11.5. The minimum absolute atomic E-state index is 0.0686. The molecule has 2 amide bonds. The molecule has 0 spiro atoms. The van der Waals surface area contributed by atoms with E-state index in [9.17, 15) is 9.59 Å². The lowest BCUT2D eigenvalue weighted by Gasteiger charge is -2.17. The molecule has 0 radical (unpaired) electrons. The number of carbonyl (C=O) groups excluding carboxylic acids is 2. The molecular weight excluding hydrogens is 398 g/mol. The van der Waals surface area contributed by atoms with Gasteiger partial charge in [-0.15, -0.1) is 11.3 Å². The maximum absolute atomic E-state index is 12.6. The van der Waals surface area contributed by atoms with E-state index in [1.165, 1.54) is 0 Å². The number of para-hydroxylation sites is 3. The van der Waals surface area contributed by atoms with Gasteiger partial charge in [-0.2, -0.15) is 0 Å². The van der Waals surface area contributed by atoms with Gasteiger partial charge in [0, 0.05) is 4.88 Å². The second-order valence-corrected chi connectivity index (χ2v) is 7.80. The Bertz CT molecular complexity index is 945. The Labute approximate surface area is 180 Å². The number of carbonyl (C=O) groups is 2. The minimum atomic E-state index is -0.165. The van der Waals surface area contributed by atoms with Crippen LogP contribution >= 0.6 is 11.3 Å². The molecule has 7 heteroatoms. The zero-order valence-corrected chi connectivity index (χ0v) is 17.7. The van der Waals surface area contributed by atoms with Crippen LogP contribution in [-0.2, 0) is 16.1 Å². The van der Waals surface area contributed by atoms with Crippen molar-refractivity contribution in [2.45, 2.75) is 13.5 Å². The lowest BCUT2D eigenvalue weighted by molar-refractivity contribution is -0.881. The Morgan fingerprint density at radius 1 is 0.933 bits per heavy atom. The van der Waals surface area contributed by atoms with Crippen molar-refractivity contribution in [2.75, 3.05) is 25.0 Å². The fraction of sp³-hybridized carbons (Fsp3) is 0.217. The second-order valence-electron chi connectivity index (χ2n) is 6.77. The molecule has 0 bridgehead atoms. The van der Waals surface area contributed by atoms with E-state index in [0.29, 0.717) is 30.3 Å². The Morgan fingerprint density at radius 2 is 1.67 bits per heavy atom. The van der Waals surface area contributed by atoms with Crippen molar-refractivity contribution in [3.8, 4) is 11.5 Å². The molecule has 3 aromatic rings. The molecule has 0 fully saturated rings. The highest BCUT2D eigenvalue weighted by Gasteiger charge is 2.18. The van der Waals surface area contributed by atoms with Crippen LogP contribution in [0.2, 0.25) is 0 Å². The largest absolute Gasteiger partial charge is 0.455 e. The first-order valence-electron chi connectivity index (χ1n) is 9.88. The van der Waals surface area contributed by atoms with E-state index in [0.717, 1.165) is 9.78 Å². The van der Waals surface area contributed by atoms with Crippen molar-refractivity contribution >= 4 is 28.8 Å². The van der Waals surface area contributed by atoms with Crippen LogP contribution in [-0.4, -0.2) is 31.4 Å². The fourth-order valence-electron chi connectivity index (χ4n) is 2.90. The highest BCUT2D eigenvalue weighted by atomic mass is 32.1. The van der Waals surface area contributed by atoms with Gasteiger partial charge in [0.15, 0.2) is 18.8 Å². The summed E-state index contributed by atoms with van der Waals surface area (Å²) in [7, 11) is 0. The zero-order chi connectivity index (χ0) is 21.2. The summed E-state index contributed by atoms with van der Waals surface area (Å²) >= 11 is 1.61. The summed E-state index contributed by atoms with van der Waals surface area (Å²) in [4.78, 5) is 26.8. The van der Waals surface area contributed by atoms with Gasteiger partial charge in [-0.3, -0.25) is 9.59 Å². The SMILES string of the molecule is CC[NH+](CC(=O)NCc1cccs1)CC(=O)Nc1ccccc1Oc1ccccc1.